The van der Waals surface area contributed by atoms with E-state index in [0.29, 0.717) is 32.7 Å². The number of aliphatic hydroxyl groups excluding tert-OH is 1. The molecular formula is C26H35N5O2. The number of amides is 2. The van der Waals surface area contributed by atoms with Gasteiger partial charge in [-0.3, -0.25) is 9.88 Å². The van der Waals surface area contributed by atoms with Crippen LogP contribution in [0.1, 0.15) is 36.1 Å². The third-order valence-corrected chi connectivity index (χ3v) is 7.17. The first kappa shape index (κ1) is 22.2. The van der Waals surface area contributed by atoms with E-state index in [2.05, 4.69) is 45.1 Å². The van der Waals surface area contributed by atoms with Crippen LogP contribution in [0.4, 0.5) is 10.5 Å². The van der Waals surface area contributed by atoms with Crippen LogP contribution in [0.3, 0.4) is 0 Å². The Kier molecular flexibility index (Phi) is 6.78. The number of urea groups is 1. The second-order valence-corrected chi connectivity index (χ2v) is 9.61. The van der Waals surface area contributed by atoms with E-state index in [1.54, 1.807) is 4.90 Å². The van der Waals surface area contributed by atoms with Gasteiger partial charge in [0.2, 0.25) is 0 Å². The highest BCUT2D eigenvalue weighted by atomic mass is 16.3. The Labute approximate surface area is 196 Å². The Morgan fingerprint density at radius 1 is 0.879 bits per heavy atom. The molecule has 2 saturated heterocycles. The molecule has 176 valence electrons. The summed E-state index contributed by atoms with van der Waals surface area (Å²) in [5.41, 5.74) is 4.85. The highest BCUT2D eigenvalue weighted by Crippen LogP contribution is 2.21. The van der Waals surface area contributed by atoms with Gasteiger partial charge in [-0.1, -0.05) is 24.3 Å². The van der Waals surface area contributed by atoms with Crippen molar-refractivity contribution in [1.29, 1.82) is 0 Å². The van der Waals surface area contributed by atoms with Gasteiger partial charge in [0.25, 0.3) is 0 Å². The van der Waals surface area contributed by atoms with E-state index in [4.69, 9.17) is 0 Å². The fraction of sp³-hybridized carbons (Fsp3) is 0.538. The number of anilines is 1. The maximum Gasteiger partial charge on any atom is 0.320 e. The first-order chi connectivity index (χ1) is 16.2. The monoisotopic (exact) mass is 449 g/mol. The Bertz CT molecular complexity index is 944. The van der Waals surface area contributed by atoms with Crippen LogP contribution in [0.15, 0.2) is 42.6 Å². The fourth-order valence-electron chi connectivity index (χ4n) is 5.31. The summed E-state index contributed by atoms with van der Waals surface area (Å²) in [5, 5.41) is 10.7. The maximum atomic E-state index is 12.9. The largest absolute Gasteiger partial charge is 0.390 e. The number of aliphatic hydroxyl groups is 1. The molecule has 1 aromatic heterocycles. The molecule has 0 radical (unpaired) electrons. The number of carbonyl (C=O) groups excluding carboxylic acids is 1. The molecule has 0 spiro atoms. The van der Waals surface area contributed by atoms with Gasteiger partial charge >= 0.3 is 6.03 Å². The van der Waals surface area contributed by atoms with Gasteiger partial charge in [0, 0.05) is 52.4 Å². The second kappa shape index (κ2) is 10.1. The number of hydrogen-bond acceptors (Lipinski definition) is 5. The predicted molar refractivity (Wildman–Crippen MR) is 129 cm³/mol. The number of nitrogens with zero attached hydrogens (tertiary/aromatic N) is 5. The summed E-state index contributed by atoms with van der Waals surface area (Å²) in [6, 6.07) is 12.7. The molecule has 4 heterocycles. The van der Waals surface area contributed by atoms with E-state index in [-0.39, 0.29) is 6.03 Å². The van der Waals surface area contributed by atoms with Gasteiger partial charge in [0.1, 0.15) is 0 Å². The number of benzene rings is 1. The average Bonchev–Trinajstić information content (AvgIpc) is 3.18. The molecule has 2 amide bonds. The van der Waals surface area contributed by atoms with Gasteiger partial charge in [0.05, 0.1) is 30.2 Å². The van der Waals surface area contributed by atoms with E-state index in [1.807, 2.05) is 17.2 Å². The minimum atomic E-state index is -0.541. The van der Waals surface area contributed by atoms with Crippen molar-refractivity contribution in [2.45, 2.75) is 44.9 Å². The van der Waals surface area contributed by atoms with Crippen molar-refractivity contribution >= 4 is 11.7 Å². The fourth-order valence-corrected chi connectivity index (χ4v) is 5.31. The summed E-state index contributed by atoms with van der Waals surface area (Å²) in [4.78, 5) is 25.8. The first-order valence-electron chi connectivity index (χ1n) is 12.4. The Hall–Kier alpha value is -2.64. The number of pyridine rings is 1. The summed E-state index contributed by atoms with van der Waals surface area (Å²) >= 11 is 0. The van der Waals surface area contributed by atoms with Crippen LogP contribution in [0, 0.1) is 0 Å². The molecule has 7 heteroatoms. The third kappa shape index (κ3) is 5.31. The number of aromatic nitrogens is 1. The minimum Gasteiger partial charge on any atom is -0.390 e. The van der Waals surface area contributed by atoms with Crippen LogP contribution in [-0.2, 0) is 19.5 Å². The number of piperidine rings is 1. The zero-order chi connectivity index (χ0) is 22.6. The molecule has 1 aromatic carbocycles. The molecular weight excluding hydrogens is 414 g/mol. The van der Waals surface area contributed by atoms with E-state index >= 15 is 0 Å². The highest BCUT2D eigenvalue weighted by Gasteiger charge is 2.30. The van der Waals surface area contributed by atoms with Crippen LogP contribution >= 0.6 is 0 Å². The van der Waals surface area contributed by atoms with Gasteiger partial charge in [-0.05, 0) is 48.9 Å². The molecule has 3 aliphatic heterocycles. The summed E-state index contributed by atoms with van der Waals surface area (Å²) in [7, 11) is 0. The Morgan fingerprint density at radius 3 is 2.45 bits per heavy atom. The number of rotatable bonds is 7. The third-order valence-electron chi connectivity index (χ3n) is 7.17. The van der Waals surface area contributed by atoms with Crippen molar-refractivity contribution in [2.24, 2.45) is 0 Å². The smallest absolute Gasteiger partial charge is 0.320 e. The van der Waals surface area contributed by atoms with E-state index in [0.717, 1.165) is 38.3 Å². The zero-order valence-corrected chi connectivity index (χ0v) is 19.4. The van der Waals surface area contributed by atoms with Crippen LogP contribution < -0.4 is 4.90 Å². The van der Waals surface area contributed by atoms with E-state index < -0.39 is 6.10 Å². The number of fused-ring (bicyclic) bond motifs is 1. The van der Waals surface area contributed by atoms with E-state index in [1.165, 1.54) is 36.1 Å². The molecule has 0 bridgehead atoms. The molecule has 0 aliphatic carbocycles. The molecule has 7 nitrogen and oxygen atoms in total. The highest BCUT2D eigenvalue weighted by molar-refractivity contribution is 5.76. The molecule has 3 aliphatic rings. The first-order valence-corrected chi connectivity index (χ1v) is 12.4. The maximum absolute atomic E-state index is 12.9. The average molecular weight is 450 g/mol. The topological polar surface area (TPSA) is 63.2 Å². The lowest BCUT2D eigenvalue weighted by molar-refractivity contribution is 0.0812. The molecule has 0 unspecified atom stereocenters. The molecule has 1 atom stereocenters. The van der Waals surface area contributed by atoms with Gasteiger partial charge in [-0.2, -0.15) is 0 Å². The minimum absolute atomic E-state index is 0.0000492. The summed E-state index contributed by atoms with van der Waals surface area (Å²) in [6.45, 7) is 6.86. The lowest BCUT2D eigenvalue weighted by Gasteiger charge is -2.31. The van der Waals surface area contributed by atoms with Crippen molar-refractivity contribution in [3.63, 3.8) is 0 Å². The Balaban J connectivity index is 1.10. The molecule has 1 N–H and O–H groups in total. The van der Waals surface area contributed by atoms with Crippen molar-refractivity contribution in [1.82, 2.24) is 19.7 Å². The summed E-state index contributed by atoms with van der Waals surface area (Å²) in [6.07, 6.45) is 6.23. The number of carbonyl (C=O) groups is 1. The SMILES string of the molecule is O=C1N(Cc2ccc(N3CCCCC3)cn2)CCN1C[C@H](O)CN1CCc2ccccc2C1. The van der Waals surface area contributed by atoms with Crippen molar-refractivity contribution in [3.05, 3.63) is 59.4 Å². The summed E-state index contributed by atoms with van der Waals surface area (Å²) < 4.78 is 0. The Morgan fingerprint density at radius 2 is 1.67 bits per heavy atom. The van der Waals surface area contributed by atoms with Crippen molar-refractivity contribution in [3.8, 4) is 0 Å². The molecule has 2 fully saturated rings. The zero-order valence-electron chi connectivity index (χ0n) is 19.4. The normalized spacial score (nSPS) is 20.3. The van der Waals surface area contributed by atoms with E-state index in [9.17, 15) is 9.90 Å². The van der Waals surface area contributed by atoms with Gasteiger partial charge in [-0.25, -0.2) is 4.79 Å². The lowest BCUT2D eigenvalue weighted by Crippen LogP contribution is -2.43. The predicted octanol–water partition coefficient (Wildman–Crippen LogP) is 2.73. The van der Waals surface area contributed by atoms with Crippen molar-refractivity contribution < 1.29 is 9.90 Å². The quantitative estimate of drug-likeness (QED) is 0.704. The number of β-amino-alcohol motifs (C(OH)–C–C–N with tert-alkyl or cyclic N) is 1. The molecule has 0 saturated carbocycles. The van der Waals surface area contributed by atoms with Crippen LogP contribution in [0.25, 0.3) is 0 Å². The lowest BCUT2D eigenvalue weighted by atomic mass is 10.00. The second-order valence-electron chi connectivity index (χ2n) is 9.61. The van der Waals surface area contributed by atoms with Gasteiger partial charge < -0.3 is 19.8 Å². The van der Waals surface area contributed by atoms with Crippen LogP contribution in [0.5, 0.6) is 0 Å². The molecule has 5 rings (SSSR count). The van der Waals surface area contributed by atoms with Gasteiger partial charge in [0.15, 0.2) is 0 Å². The van der Waals surface area contributed by atoms with Gasteiger partial charge in [-0.15, -0.1) is 0 Å². The van der Waals surface area contributed by atoms with Crippen molar-refractivity contribution in [2.75, 3.05) is 50.7 Å². The molecule has 33 heavy (non-hydrogen) atoms. The van der Waals surface area contributed by atoms with Crippen LogP contribution in [-0.4, -0.2) is 82.7 Å². The molecule has 2 aromatic rings. The standard InChI is InChI=1S/C26H35N5O2/c32-25(19-28-13-10-21-6-2-3-7-22(21)17-28)20-31-15-14-30(26(31)33)18-23-8-9-24(16-27-23)29-11-4-1-5-12-29/h2-3,6-9,16,25,32H,1,4-5,10-15,17-20H2/t25-/m1/s1. The number of hydrogen-bond donors (Lipinski definition) is 1. The van der Waals surface area contributed by atoms with Crippen LogP contribution in [0.2, 0.25) is 0 Å². The summed E-state index contributed by atoms with van der Waals surface area (Å²) in [5.74, 6) is 0.